The van der Waals surface area contributed by atoms with Gasteiger partial charge in [0.2, 0.25) is 0 Å². The molecule has 0 aromatic heterocycles. The summed E-state index contributed by atoms with van der Waals surface area (Å²) >= 11 is 5.93. The number of piperazine rings is 1. The molecular formula is C17H22ClN3O2. The number of ether oxygens (including phenoxy) is 1. The number of halogens is 1. The van der Waals surface area contributed by atoms with E-state index in [1.165, 1.54) is 0 Å². The number of rotatable bonds is 1. The maximum Gasteiger partial charge on any atom is 0.253 e. The van der Waals surface area contributed by atoms with Crippen molar-refractivity contribution in [3.63, 3.8) is 0 Å². The number of fused-ring (bicyclic) bond motifs is 2. The molecule has 0 radical (unpaired) electrons. The zero-order valence-electron chi connectivity index (χ0n) is 13.4. The molecule has 0 saturated carbocycles. The summed E-state index contributed by atoms with van der Waals surface area (Å²) in [5.41, 5.74) is 0.811. The van der Waals surface area contributed by atoms with Crippen LogP contribution in [-0.2, 0) is 4.74 Å². The van der Waals surface area contributed by atoms with Crippen LogP contribution in [-0.4, -0.2) is 85.2 Å². The monoisotopic (exact) mass is 335 g/mol. The van der Waals surface area contributed by atoms with E-state index in [0.29, 0.717) is 16.6 Å². The zero-order chi connectivity index (χ0) is 16.0. The highest BCUT2D eigenvalue weighted by Crippen LogP contribution is 2.35. The molecule has 1 spiro atoms. The summed E-state index contributed by atoms with van der Waals surface area (Å²) in [5, 5.41) is 0.657. The van der Waals surface area contributed by atoms with Crippen LogP contribution in [0.25, 0.3) is 0 Å². The number of hydrogen-bond donors (Lipinski definition) is 0. The molecule has 1 aromatic rings. The first-order valence-corrected chi connectivity index (χ1v) is 8.53. The van der Waals surface area contributed by atoms with E-state index in [-0.39, 0.29) is 11.4 Å². The molecule has 0 N–H and O–H groups in total. The molecule has 1 unspecified atom stereocenters. The third kappa shape index (κ3) is 2.66. The molecule has 124 valence electrons. The van der Waals surface area contributed by atoms with Crippen LogP contribution < -0.4 is 0 Å². The smallest absolute Gasteiger partial charge is 0.253 e. The Morgan fingerprint density at radius 2 is 2.00 bits per heavy atom. The van der Waals surface area contributed by atoms with Crippen molar-refractivity contribution >= 4 is 17.5 Å². The lowest BCUT2D eigenvalue weighted by atomic mass is 9.83. The second-order valence-corrected chi connectivity index (χ2v) is 7.45. The van der Waals surface area contributed by atoms with Gasteiger partial charge in [0.05, 0.1) is 24.8 Å². The van der Waals surface area contributed by atoms with Crippen molar-refractivity contribution in [2.75, 3.05) is 53.0 Å². The fourth-order valence-electron chi connectivity index (χ4n) is 4.37. The highest BCUT2D eigenvalue weighted by Gasteiger charge is 2.53. The Morgan fingerprint density at radius 3 is 2.70 bits per heavy atom. The quantitative estimate of drug-likeness (QED) is 0.772. The van der Waals surface area contributed by atoms with Crippen LogP contribution in [0.4, 0.5) is 0 Å². The lowest BCUT2D eigenvalue weighted by Gasteiger charge is -2.62. The summed E-state index contributed by atoms with van der Waals surface area (Å²) in [7, 11) is 2.14. The Kier molecular flexibility index (Phi) is 3.84. The van der Waals surface area contributed by atoms with E-state index in [1.807, 2.05) is 17.0 Å². The van der Waals surface area contributed by atoms with Crippen LogP contribution in [0.5, 0.6) is 0 Å². The van der Waals surface area contributed by atoms with E-state index in [1.54, 1.807) is 12.1 Å². The third-order valence-corrected chi connectivity index (χ3v) is 5.51. The van der Waals surface area contributed by atoms with Crippen molar-refractivity contribution < 1.29 is 9.53 Å². The maximum atomic E-state index is 12.9. The summed E-state index contributed by atoms with van der Waals surface area (Å²) in [5.74, 6) is 0.0980. The van der Waals surface area contributed by atoms with E-state index >= 15 is 0 Å². The van der Waals surface area contributed by atoms with Gasteiger partial charge in [0.15, 0.2) is 0 Å². The van der Waals surface area contributed by atoms with Crippen molar-refractivity contribution in [1.82, 2.24) is 14.7 Å². The molecule has 3 aliphatic rings. The molecule has 0 bridgehead atoms. The van der Waals surface area contributed by atoms with Gasteiger partial charge in [-0.25, -0.2) is 0 Å². The van der Waals surface area contributed by atoms with Crippen LogP contribution in [0.2, 0.25) is 5.02 Å². The molecule has 3 heterocycles. The van der Waals surface area contributed by atoms with E-state index in [9.17, 15) is 4.79 Å². The largest absolute Gasteiger partial charge is 0.378 e. The summed E-state index contributed by atoms with van der Waals surface area (Å²) < 4.78 is 5.67. The van der Waals surface area contributed by atoms with Crippen LogP contribution >= 0.6 is 11.6 Å². The van der Waals surface area contributed by atoms with Gasteiger partial charge in [-0.2, -0.15) is 0 Å². The fraction of sp³-hybridized carbons (Fsp3) is 0.588. The number of carbonyl (C=O) groups is 1. The number of morpholine rings is 1. The minimum Gasteiger partial charge on any atom is -0.378 e. The van der Waals surface area contributed by atoms with Gasteiger partial charge in [0.25, 0.3) is 5.91 Å². The van der Waals surface area contributed by atoms with Gasteiger partial charge in [0, 0.05) is 43.3 Å². The zero-order valence-corrected chi connectivity index (χ0v) is 14.1. The van der Waals surface area contributed by atoms with Gasteiger partial charge in [-0.05, 0) is 31.3 Å². The Labute approximate surface area is 141 Å². The lowest BCUT2D eigenvalue weighted by Crippen LogP contribution is -2.80. The van der Waals surface area contributed by atoms with Crippen molar-refractivity contribution in [2.45, 2.75) is 11.6 Å². The minimum atomic E-state index is 0.0980. The number of benzene rings is 1. The first kappa shape index (κ1) is 15.4. The summed E-state index contributed by atoms with van der Waals surface area (Å²) in [6.07, 6.45) is 0. The van der Waals surface area contributed by atoms with Crippen LogP contribution in [0.15, 0.2) is 24.3 Å². The number of likely N-dealkylation sites (tertiary alicyclic amines) is 1. The molecule has 1 atom stereocenters. The number of likely N-dealkylation sites (N-methyl/N-ethyl adjacent to an activating group) is 1. The van der Waals surface area contributed by atoms with Gasteiger partial charge in [-0.3, -0.25) is 9.69 Å². The Bertz CT molecular complexity index is 600. The maximum absolute atomic E-state index is 12.9. The predicted octanol–water partition coefficient (Wildman–Crippen LogP) is 1.18. The average Bonchev–Trinajstić information content (AvgIpc) is 2.53. The fourth-order valence-corrected chi connectivity index (χ4v) is 4.49. The standard InChI is InChI=1S/C17H22ClN3O2/c1-19-10-17(11-19)12-20(8-15-9-23-7-6-21(15)17)16(22)13-2-4-14(18)5-3-13/h2-5,15H,6-12H2,1H3. The van der Waals surface area contributed by atoms with Crippen molar-refractivity contribution in [3.05, 3.63) is 34.9 Å². The van der Waals surface area contributed by atoms with E-state index in [0.717, 1.165) is 45.9 Å². The molecule has 6 heteroatoms. The summed E-state index contributed by atoms with van der Waals surface area (Å²) in [4.78, 5) is 19.8. The summed E-state index contributed by atoms with van der Waals surface area (Å²) in [6, 6.07) is 7.49. The van der Waals surface area contributed by atoms with Gasteiger partial charge in [-0.1, -0.05) is 11.6 Å². The number of amides is 1. The highest BCUT2D eigenvalue weighted by atomic mass is 35.5. The topological polar surface area (TPSA) is 36.0 Å². The van der Waals surface area contributed by atoms with Crippen LogP contribution in [0.3, 0.4) is 0 Å². The molecule has 3 aliphatic heterocycles. The number of nitrogens with zero attached hydrogens (tertiary/aromatic N) is 3. The van der Waals surface area contributed by atoms with Gasteiger partial charge in [-0.15, -0.1) is 0 Å². The molecule has 0 aliphatic carbocycles. The molecule has 5 nitrogen and oxygen atoms in total. The SMILES string of the molecule is CN1CC2(C1)CN(C(=O)c1ccc(Cl)cc1)CC1COCCN12. The molecular weight excluding hydrogens is 314 g/mol. The van der Waals surface area contributed by atoms with Gasteiger partial charge in [0.1, 0.15) is 0 Å². The second-order valence-electron chi connectivity index (χ2n) is 7.01. The number of hydrogen-bond acceptors (Lipinski definition) is 4. The normalized spacial score (nSPS) is 27.6. The lowest BCUT2D eigenvalue weighted by molar-refractivity contribution is -0.153. The Morgan fingerprint density at radius 1 is 1.26 bits per heavy atom. The first-order chi connectivity index (χ1) is 11.1. The van der Waals surface area contributed by atoms with E-state index in [2.05, 4.69) is 16.8 Å². The van der Waals surface area contributed by atoms with Crippen molar-refractivity contribution in [1.29, 1.82) is 0 Å². The minimum absolute atomic E-state index is 0.0980. The average molecular weight is 336 g/mol. The van der Waals surface area contributed by atoms with Crippen LogP contribution in [0.1, 0.15) is 10.4 Å². The molecule has 1 amide bonds. The molecule has 4 rings (SSSR count). The second kappa shape index (κ2) is 5.74. The Balaban J connectivity index is 1.57. The van der Waals surface area contributed by atoms with Crippen molar-refractivity contribution in [3.8, 4) is 0 Å². The van der Waals surface area contributed by atoms with Crippen LogP contribution in [0, 0.1) is 0 Å². The van der Waals surface area contributed by atoms with Crippen molar-refractivity contribution in [2.24, 2.45) is 0 Å². The first-order valence-electron chi connectivity index (χ1n) is 8.15. The Hall–Kier alpha value is -1.14. The number of carbonyl (C=O) groups excluding carboxylic acids is 1. The predicted molar refractivity (Wildman–Crippen MR) is 88.9 cm³/mol. The molecule has 3 saturated heterocycles. The van der Waals surface area contributed by atoms with Gasteiger partial charge < -0.3 is 14.5 Å². The molecule has 1 aromatic carbocycles. The molecule has 3 fully saturated rings. The van der Waals surface area contributed by atoms with E-state index < -0.39 is 0 Å². The summed E-state index contributed by atoms with van der Waals surface area (Å²) in [6.45, 7) is 6.08. The highest BCUT2D eigenvalue weighted by molar-refractivity contribution is 6.30. The third-order valence-electron chi connectivity index (χ3n) is 5.26. The molecule has 23 heavy (non-hydrogen) atoms. The van der Waals surface area contributed by atoms with Gasteiger partial charge >= 0.3 is 0 Å². The van der Waals surface area contributed by atoms with E-state index in [4.69, 9.17) is 16.3 Å².